The fourth-order valence-corrected chi connectivity index (χ4v) is 2.01. The Kier molecular flexibility index (Phi) is 2.73. The molecule has 0 atom stereocenters. The molecule has 2 aromatic rings. The monoisotopic (exact) mass is 262 g/mol. The van der Waals surface area contributed by atoms with Crippen LogP contribution in [-0.2, 0) is 0 Å². The number of nitrogens with two attached hydrogens (primary N) is 1. The van der Waals surface area contributed by atoms with Gasteiger partial charge in [-0.25, -0.2) is 4.98 Å². The van der Waals surface area contributed by atoms with Crippen molar-refractivity contribution >= 4 is 21.7 Å². The molecule has 0 aliphatic rings. The molecule has 0 radical (unpaired) electrons. The van der Waals surface area contributed by atoms with Crippen molar-refractivity contribution in [2.75, 3.05) is 5.73 Å². The SMILES string of the molecule is Cc1ccc(-c2c(Br)ccnc2N)cc1. The molecule has 15 heavy (non-hydrogen) atoms. The number of aryl methyl sites for hydroxylation is 1. The van der Waals surface area contributed by atoms with Crippen molar-refractivity contribution < 1.29 is 0 Å². The molecule has 76 valence electrons. The van der Waals surface area contributed by atoms with Crippen LogP contribution in [0.1, 0.15) is 5.56 Å². The third-order valence-corrected chi connectivity index (χ3v) is 2.93. The molecule has 2 rings (SSSR count). The number of benzene rings is 1. The average molecular weight is 263 g/mol. The van der Waals surface area contributed by atoms with E-state index in [4.69, 9.17) is 5.73 Å². The lowest BCUT2D eigenvalue weighted by Gasteiger charge is -2.07. The van der Waals surface area contributed by atoms with Crippen molar-refractivity contribution in [3.8, 4) is 11.1 Å². The molecule has 1 aromatic heterocycles. The van der Waals surface area contributed by atoms with Crippen molar-refractivity contribution in [1.29, 1.82) is 0 Å². The number of halogens is 1. The molecule has 0 bridgehead atoms. The van der Waals surface area contributed by atoms with E-state index in [2.05, 4.69) is 40.0 Å². The van der Waals surface area contributed by atoms with Gasteiger partial charge in [-0.05, 0) is 34.5 Å². The maximum Gasteiger partial charge on any atom is 0.132 e. The molecule has 1 aromatic carbocycles. The summed E-state index contributed by atoms with van der Waals surface area (Å²) in [4.78, 5) is 4.09. The van der Waals surface area contributed by atoms with Crippen LogP contribution < -0.4 is 5.73 Å². The van der Waals surface area contributed by atoms with Gasteiger partial charge in [0.2, 0.25) is 0 Å². The average Bonchev–Trinajstić information content (AvgIpc) is 2.20. The normalized spacial score (nSPS) is 10.3. The summed E-state index contributed by atoms with van der Waals surface area (Å²) in [6.45, 7) is 2.06. The van der Waals surface area contributed by atoms with Crippen LogP contribution in [0.25, 0.3) is 11.1 Å². The van der Waals surface area contributed by atoms with Crippen LogP contribution >= 0.6 is 15.9 Å². The van der Waals surface area contributed by atoms with E-state index in [-0.39, 0.29) is 0 Å². The Morgan fingerprint density at radius 3 is 2.40 bits per heavy atom. The summed E-state index contributed by atoms with van der Waals surface area (Å²) in [7, 11) is 0. The van der Waals surface area contributed by atoms with Crippen LogP contribution in [0, 0.1) is 6.92 Å². The Balaban J connectivity index is 2.58. The van der Waals surface area contributed by atoms with Crippen molar-refractivity contribution in [1.82, 2.24) is 4.98 Å². The molecule has 1 heterocycles. The van der Waals surface area contributed by atoms with Crippen LogP contribution in [0.2, 0.25) is 0 Å². The van der Waals surface area contributed by atoms with Crippen LogP contribution in [0.15, 0.2) is 41.0 Å². The first-order valence-corrected chi connectivity index (χ1v) is 5.45. The number of nitrogens with zero attached hydrogens (tertiary/aromatic N) is 1. The van der Waals surface area contributed by atoms with Gasteiger partial charge in [0.15, 0.2) is 0 Å². The highest BCUT2D eigenvalue weighted by atomic mass is 79.9. The van der Waals surface area contributed by atoms with E-state index in [0.29, 0.717) is 5.82 Å². The molecule has 3 heteroatoms. The van der Waals surface area contributed by atoms with E-state index in [1.807, 2.05) is 18.2 Å². The molecule has 0 unspecified atom stereocenters. The summed E-state index contributed by atoms with van der Waals surface area (Å²) < 4.78 is 0.971. The second kappa shape index (κ2) is 4.03. The topological polar surface area (TPSA) is 38.9 Å². The fourth-order valence-electron chi connectivity index (χ4n) is 1.46. The Hall–Kier alpha value is -1.35. The quantitative estimate of drug-likeness (QED) is 0.856. The summed E-state index contributed by atoms with van der Waals surface area (Å²) in [5, 5.41) is 0. The molecular weight excluding hydrogens is 252 g/mol. The number of anilines is 1. The maximum absolute atomic E-state index is 5.85. The van der Waals surface area contributed by atoms with Gasteiger partial charge in [-0.1, -0.05) is 29.8 Å². The standard InChI is InChI=1S/C12H11BrN2/c1-8-2-4-9(5-3-8)11-10(13)6-7-15-12(11)14/h2-7H,1H3,(H2,14,15). The number of rotatable bonds is 1. The van der Waals surface area contributed by atoms with Crippen molar-refractivity contribution in [3.05, 3.63) is 46.6 Å². The van der Waals surface area contributed by atoms with Gasteiger partial charge in [0.1, 0.15) is 5.82 Å². The Labute approximate surface area is 97.3 Å². The van der Waals surface area contributed by atoms with E-state index in [1.54, 1.807) is 6.20 Å². The maximum atomic E-state index is 5.85. The highest BCUT2D eigenvalue weighted by Gasteiger charge is 2.07. The first-order chi connectivity index (χ1) is 7.18. The lowest BCUT2D eigenvalue weighted by molar-refractivity contribution is 1.32. The minimum absolute atomic E-state index is 0.549. The van der Waals surface area contributed by atoms with Crippen LogP contribution in [0.4, 0.5) is 5.82 Å². The Bertz CT molecular complexity index is 457. The Morgan fingerprint density at radius 2 is 1.80 bits per heavy atom. The number of aromatic nitrogens is 1. The first-order valence-electron chi connectivity index (χ1n) is 4.65. The summed E-state index contributed by atoms with van der Waals surface area (Å²) in [6, 6.07) is 10.1. The van der Waals surface area contributed by atoms with Gasteiger partial charge in [-0.3, -0.25) is 0 Å². The molecular formula is C12H11BrN2. The summed E-state index contributed by atoms with van der Waals surface area (Å²) in [6.07, 6.45) is 1.69. The van der Waals surface area contributed by atoms with Gasteiger partial charge in [-0.2, -0.15) is 0 Å². The predicted octanol–water partition coefficient (Wildman–Crippen LogP) is 3.40. The highest BCUT2D eigenvalue weighted by molar-refractivity contribution is 9.10. The molecule has 0 aliphatic heterocycles. The first kappa shape index (κ1) is 10.2. The molecule has 0 aliphatic carbocycles. The zero-order valence-corrected chi connectivity index (χ0v) is 9.95. The van der Waals surface area contributed by atoms with Crippen molar-refractivity contribution in [3.63, 3.8) is 0 Å². The molecule has 0 fully saturated rings. The zero-order valence-electron chi connectivity index (χ0n) is 8.37. The smallest absolute Gasteiger partial charge is 0.132 e. The second-order valence-corrected chi connectivity index (χ2v) is 4.27. The molecule has 0 saturated carbocycles. The van der Waals surface area contributed by atoms with Crippen molar-refractivity contribution in [2.24, 2.45) is 0 Å². The molecule has 2 N–H and O–H groups in total. The lowest BCUT2D eigenvalue weighted by atomic mass is 10.1. The summed E-state index contributed by atoms with van der Waals surface area (Å²) >= 11 is 3.48. The molecule has 0 spiro atoms. The number of hydrogen-bond donors (Lipinski definition) is 1. The highest BCUT2D eigenvalue weighted by Crippen LogP contribution is 2.31. The van der Waals surface area contributed by atoms with Gasteiger partial charge in [0.25, 0.3) is 0 Å². The molecule has 0 saturated heterocycles. The number of pyridine rings is 1. The lowest BCUT2D eigenvalue weighted by Crippen LogP contribution is -1.94. The van der Waals surface area contributed by atoms with Gasteiger partial charge < -0.3 is 5.73 Å². The minimum atomic E-state index is 0.549. The van der Waals surface area contributed by atoms with Crippen LogP contribution in [-0.4, -0.2) is 4.98 Å². The van der Waals surface area contributed by atoms with E-state index in [9.17, 15) is 0 Å². The molecule has 0 amide bonds. The zero-order chi connectivity index (χ0) is 10.8. The molecule has 2 nitrogen and oxygen atoms in total. The van der Waals surface area contributed by atoms with Crippen LogP contribution in [0.5, 0.6) is 0 Å². The predicted molar refractivity (Wildman–Crippen MR) is 66.5 cm³/mol. The van der Waals surface area contributed by atoms with Crippen LogP contribution in [0.3, 0.4) is 0 Å². The largest absolute Gasteiger partial charge is 0.383 e. The Morgan fingerprint density at radius 1 is 1.13 bits per heavy atom. The summed E-state index contributed by atoms with van der Waals surface area (Å²) in [5.41, 5.74) is 9.12. The number of nitrogen functional groups attached to an aromatic ring is 1. The van der Waals surface area contributed by atoms with Gasteiger partial charge in [0, 0.05) is 16.2 Å². The number of hydrogen-bond acceptors (Lipinski definition) is 2. The van der Waals surface area contributed by atoms with E-state index in [1.165, 1.54) is 5.56 Å². The second-order valence-electron chi connectivity index (χ2n) is 3.42. The van der Waals surface area contributed by atoms with Gasteiger partial charge in [0.05, 0.1) is 0 Å². The van der Waals surface area contributed by atoms with Crippen molar-refractivity contribution in [2.45, 2.75) is 6.92 Å². The van der Waals surface area contributed by atoms with E-state index < -0.39 is 0 Å². The third-order valence-electron chi connectivity index (χ3n) is 2.27. The minimum Gasteiger partial charge on any atom is -0.383 e. The van der Waals surface area contributed by atoms with E-state index >= 15 is 0 Å². The summed E-state index contributed by atoms with van der Waals surface area (Å²) in [5.74, 6) is 0.549. The third kappa shape index (κ3) is 2.02. The van der Waals surface area contributed by atoms with Gasteiger partial charge >= 0.3 is 0 Å². The van der Waals surface area contributed by atoms with Gasteiger partial charge in [-0.15, -0.1) is 0 Å². The fraction of sp³-hybridized carbons (Fsp3) is 0.0833. The van der Waals surface area contributed by atoms with E-state index in [0.717, 1.165) is 15.6 Å².